The number of β-lactam (4-membered cyclic amide) rings is 1. The monoisotopic (exact) mass is 803 g/mol. The van der Waals surface area contributed by atoms with Crippen molar-refractivity contribution < 1.29 is 44.3 Å². The lowest BCUT2D eigenvalue weighted by atomic mass is 9.98. The fraction of sp³-hybridized carbons (Fsp3) is 0.630. The maximum Gasteiger partial charge on any atom is 0.511 e. The first kappa shape index (κ1) is 45.1. The molecule has 1 unspecified atom stereocenters. The number of amides is 2. The molecule has 0 aromatic carbocycles. The van der Waals surface area contributed by atoms with Crippen LogP contribution >= 0.6 is 59.7 Å². The zero-order valence-electron chi connectivity index (χ0n) is 27.6. The van der Waals surface area contributed by atoms with Gasteiger partial charge >= 0.3 is 12.1 Å². The summed E-state index contributed by atoms with van der Waals surface area (Å²) in [5.74, 6) is -1.01. The quantitative estimate of drug-likeness (QED) is 0.123. The smallest absolute Gasteiger partial charge is 0.431 e. The van der Waals surface area contributed by atoms with E-state index in [9.17, 15) is 19.2 Å². The molecule has 2 aromatic rings. The van der Waals surface area contributed by atoms with Gasteiger partial charge in [-0.25, -0.2) is 19.3 Å². The van der Waals surface area contributed by atoms with Gasteiger partial charge in [0.15, 0.2) is 5.13 Å². The third kappa shape index (κ3) is 11.6. The molecule has 23 heteroatoms. The first-order valence-electron chi connectivity index (χ1n) is 14.9. The van der Waals surface area contributed by atoms with E-state index in [4.69, 9.17) is 19.9 Å². The predicted molar refractivity (Wildman–Crippen MR) is 191 cm³/mol. The average molecular weight is 805 g/mol. The molecule has 50 heavy (non-hydrogen) atoms. The number of nitrogens with one attached hydrogen (secondary N) is 1. The van der Waals surface area contributed by atoms with E-state index in [0.717, 1.165) is 38.6 Å². The van der Waals surface area contributed by atoms with Gasteiger partial charge in [0, 0.05) is 30.4 Å². The van der Waals surface area contributed by atoms with Crippen molar-refractivity contribution >= 4 is 88.7 Å². The Labute approximate surface area is 313 Å². The SMILES string of the molecule is CC(OC(=O)OC1CCCCC1)OC(=O)C1=C(CSc2nnnn2CCN(C)C)CS[C@H]2[C@H](NC(=O)Cc3csc(N)n3)C(=O)N12.Cl.Cl.O.O. The largest absolute Gasteiger partial charge is 0.511 e. The molecule has 0 spiro atoms. The lowest BCUT2D eigenvalue weighted by molar-refractivity contribution is -0.170. The number of thiazole rings is 1. The van der Waals surface area contributed by atoms with Crippen LogP contribution < -0.4 is 11.1 Å². The standard InChI is InChI=1S/C27H37N9O7S3.2ClH.2H2O/c1-15(42-27(40)43-18-7-5-4-6-8-18)41-24(39)21-16(13-46-26-31-32-33-35(26)10-9-34(2)3)12-44-23-20(22(38)36(21)23)30-19(37)11-17-14-45-25(28)29-17;;;;/h14-15,18,20,23H,4-13H2,1-3H3,(H2,28,29)(H,30,37);2*1H;2*1H2/t15?,20-,23+;;;;/m1..../s1. The van der Waals surface area contributed by atoms with Crippen LogP contribution in [0, 0.1) is 0 Å². The summed E-state index contributed by atoms with van der Waals surface area (Å²) in [7, 11) is 3.90. The highest BCUT2D eigenvalue weighted by Crippen LogP contribution is 2.42. The maximum absolute atomic E-state index is 13.6. The second kappa shape index (κ2) is 20.8. The van der Waals surface area contributed by atoms with Crippen molar-refractivity contribution in [1.82, 2.24) is 40.3 Å². The third-order valence-corrected chi connectivity index (χ3v) is 10.6. The molecule has 7 N–H and O–H groups in total. The second-order valence-corrected chi connectivity index (χ2v) is 14.2. The van der Waals surface area contributed by atoms with Crippen molar-refractivity contribution in [3.8, 4) is 0 Å². The molecule has 18 nitrogen and oxygen atoms in total. The Hall–Kier alpha value is -2.92. The third-order valence-electron chi connectivity index (χ3n) is 7.45. The summed E-state index contributed by atoms with van der Waals surface area (Å²) in [6, 6.07) is -0.844. The summed E-state index contributed by atoms with van der Waals surface area (Å²) in [4.78, 5) is 59.6. The summed E-state index contributed by atoms with van der Waals surface area (Å²) in [6.45, 7) is 2.70. The van der Waals surface area contributed by atoms with Crippen LogP contribution in [0.4, 0.5) is 9.93 Å². The number of esters is 1. The Balaban J connectivity index is 0.00000312. The van der Waals surface area contributed by atoms with E-state index in [0.29, 0.717) is 33.9 Å². The summed E-state index contributed by atoms with van der Waals surface area (Å²) in [5, 5.41) is 16.8. The Kier molecular flexibility index (Phi) is 18.8. The molecule has 1 saturated carbocycles. The van der Waals surface area contributed by atoms with Gasteiger partial charge in [-0.15, -0.1) is 53.0 Å². The van der Waals surface area contributed by atoms with Crippen molar-refractivity contribution in [2.45, 2.75) is 81.0 Å². The van der Waals surface area contributed by atoms with Gasteiger partial charge < -0.3 is 41.1 Å². The highest BCUT2D eigenvalue weighted by molar-refractivity contribution is 8.01. The number of rotatable bonds is 13. The number of likely N-dealkylation sites (N-methyl/N-ethyl adjacent to an activating group) is 1. The molecule has 282 valence electrons. The summed E-state index contributed by atoms with van der Waals surface area (Å²) in [6.07, 6.45) is 2.14. The lowest BCUT2D eigenvalue weighted by Gasteiger charge is -2.49. The zero-order valence-corrected chi connectivity index (χ0v) is 31.6. The molecule has 5 rings (SSSR count). The van der Waals surface area contributed by atoms with Crippen LogP contribution in [0.5, 0.6) is 0 Å². The minimum absolute atomic E-state index is 0. The summed E-state index contributed by atoms with van der Waals surface area (Å²) >= 11 is 3.97. The number of aromatic nitrogens is 5. The first-order chi connectivity index (χ1) is 22.1. The van der Waals surface area contributed by atoms with E-state index < -0.39 is 35.7 Å². The van der Waals surface area contributed by atoms with Gasteiger partial charge in [0.1, 0.15) is 23.2 Å². The number of fused-ring (bicyclic) bond motifs is 1. The van der Waals surface area contributed by atoms with Crippen LogP contribution in [0.2, 0.25) is 0 Å². The van der Waals surface area contributed by atoms with Crippen molar-refractivity contribution in [3.63, 3.8) is 0 Å². The number of ether oxygens (including phenoxy) is 3. The fourth-order valence-electron chi connectivity index (χ4n) is 5.18. The van der Waals surface area contributed by atoms with E-state index in [-0.39, 0.29) is 65.6 Å². The highest BCUT2D eigenvalue weighted by Gasteiger charge is 2.54. The molecule has 2 aromatic heterocycles. The molecular formula is C27H43Cl2N9O9S3. The zero-order chi connectivity index (χ0) is 32.8. The van der Waals surface area contributed by atoms with Crippen LogP contribution in [-0.4, -0.2) is 126 Å². The molecule has 2 amide bonds. The number of tetrazole rings is 1. The van der Waals surface area contributed by atoms with Crippen molar-refractivity contribution in [2.24, 2.45) is 0 Å². The normalized spacial score (nSPS) is 19.0. The van der Waals surface area contributed by atoms with Crippen molar-refractivity contribution in [3.05, 3.63) is 22.3 Å². The average Bonchev–Trinajstić information content (AvgIpc) is 3.65. The van der Waals surface area contributed by atoms with Gasteiger partial charge in [0.05, 0.1) is 18.7 Å². The number of halogens is 2. The summed E-state index contributed by atoms with van der Waals surface area (Å²) in [5.41, 5.74) is 6.83. The van der Waals surface area contributed by atoms with Gasteiger partial charge in [-0.1, -0.05) is 18.2 Å². The number of anilines is 1. The first-order valence-corrected chi connectivity index (χ1v) is 17.8. The topological polar surface area (TPSA) is 260 Å². The number of thioether (sulfide) groups is 2. The number of carbonyl (C=O) groups is 4. The van der Waals surface area contributed by atoms with E-state index in [1.165, 1.54) is 46.7 Å². The number of nitrogen functional groups attached to an aromatic ring is 1. The van der Waals surface area contributed by atoms with Gasteiger partial charge in [-0.2, -0.15) is 0 Å². The molecular weight excluding hydrogens is 761 g/mol. The van der Waals surface area contributed by atoms with Gasteiger partial charge in [-0.05, 0) is 55.8 Å². The van der Waals surface area contributed by atoms with Gasteiger partial charge in [0.2, 0.25) is 17.4 Å². The molecule has 1 saturated heterocycles. The number of nitrogens with two attached hydrogens (primary N) is 1. The summed E-state index contributed by atoms with van der Waals surface area (Å²) < 4.78 is 17.8. The second-order valence-electron chi connectivity index (χ2n) is 11.3. The molecule has 0 bridgehead atoms. The Morgan fingerprint density at radius 2 is 1.88 bits per heavy atom. The predicted octanol–water partition coefficient (Wildman–Crippen LogP) is 0.832. The Bertz CT molecular complexity index is 1480. The fourth-order valence-corrected chi connectivity index (χ4v) is 8.13. The number of carbonyl (C=O) groups excluding carboxylic acids is 4. The minimum atomic E-state index is -1.27. The molecule has 1 aliphatic carbocycles. The molecule has 0 radical (unpaired) electrons. The van der Waals surface area contributed by atoms with Crippen LogP contribution in [-0.2, 0) is 41.6 Å². The Morgan fingerprint density at radius 1 is 1.16 bits per heavy atom. The molecule has 2 aliphatic heterocycles. The van der Waals surface area contributed by atoms with Crippen LogP contribution in [0.25, 0.3) is 0 Å². The van der Waals surface area contributed by atoms with Crippen molar-refractivity contribution in [2.75, 3.05) is 37.9 Å². The lowest BCUT2D eigenvalue weighted by Crippen LogP contribution is -2.70. The number of nitrogens with zero attached hydrogens (tertiary/aromatic N) is 7. The maximum atomic E-state index is 13.6. The minimum Gasteiger partial charge on any atom is -0.431 e. The number of hydrogen-bond acceptors (Lipinski definition) is 16. The van der Waals surface area contributed by atoms with E-state index in [1.54, 1.807) is 10.1 Å². The molecule has 3 atom stereocenters. The van der Waals surface area contributed by atoms with Crippen LogP contribution in [0.1, 0.15) is 44.7 Å². The van der Waals surface area contributed by atoms with Gasteiger partial charge in [-0.3, -0.25) is 14.5 Å². The Morgan fingerprint density at radius 3 is 2.54 bits per heavy atom. The molecule has 4 heterocycles. The van der Waals surface area contributed by atoms with E-state index >= 15 is 0 Å². The van der Waals surface area contributed by atoms with Gasteiger partial charge in [0.25, 0.3) is 5.91 Å². The van der Waals surface area contributed by atoms with E-state index in [2.05, 4.69) is 25.8 Å². The molecule has 2 fully saturated rings. The molecule has 3 aliphatic rings. The van der Waals surface area contributed by atoms with Crippen molar-refractivity contribution in [1.29, 1.82) is 0 Å². The van der Waals surface area contributed by atoms with Crippen LogP contribution in [0.15, 0.2) is 21.8 Å². The number of hydrogen-bond donors (Lipinski definition) is 2. The highest BCUT2D eigenvalue weighted by atomic mass is 35.5. The van der Waals surface area contributed by atoms with Crippen LogP contribution in [0.3, 0.4) is 0 Å². The van der Waals surface area contributed by atoms with E-state index in [1.807, 2.05) is 19.0 Å².